The summed E-state index contributed by atoms with van der Waals surface area (Å²) in [5, 5.41) is 11.0. The Morgan fingerprint density at radius 3 is 2.96 bits per heavy atom. The Labute approximate surface area is 154 Å². The number of aromatic amines is 1. The van der Waals surface area contributed by atoms with Gasteiger partial charge in [0.05, 0.1) is 6.20 Å². The minimum atomic E-state index is 0.522. The van der Waals surface area contributed by atoms with Crippen molar-refractivity contribution in [2.24, 2.45) is 0 Å². The van der Waals surface area contributed by atoms with Crippen LogP contribution in [0.4, 0.5) is 5.82 Å². The third-order valence-corrected chi connectivity index (χ3v) is 5.26. The van der Waals surface area contributed by atoms with Crippen LogP contribution in [0.25, 0.3) is 11.1 Å². The lowest BCUT2D eigenvalue weighted by molar-refractivity contribution is 0.411. The van der Waals surface area contributed by atoms with Crippen LogP contribution in [0.3, 0.4) is 0 Å². The molecule has 1 atom stereocenters. The summed E-state index contributed by atoms with van der Waals surface area (Å²) in [6.45, 7) is 5.13. The molecular weight excluding hydrogens is 322 g/mol. The molecule has 0 unspecified atom stereocenters. The lowest BCUT2D eigenvalue weighted by Gasteiger charge is -2.12. The number of benzene rings is 1. The molecule has 0 bridgehead atoms. The Morgan fingerprint density at radius 1 is 1.27 bits per heavy atom. The van der Waals surface area contributed by atoms with Gasteiger partial charge in [0.15, 0.2) is 0 Å². The van der Waals surface area contributed by atoms with Crippen LogP contribution in [0.15, 0.2) is 48.8 Å². The molecule has 0 radical (unpaired) electrons. The largest absolute Gasteiger partial charge is 0.366 e. The number of nitrogens with zero attached hydrogens (tertiary/aromatic N) is 3. The molecule has 2 N–H and O–H groups in total. The van der Waals surface area contributed by atoms with E-state index >= 15 is 0 Å². The molecule has 1 fully saturated rings. The summed E-state index contributed by atoms with van der Waals surface area (Å²) in [5.74, 6) is 1.41. The Bertz CT molecular complexity index is 885. The van der Waals surface area contributed by atoms with E-state index in [9.17, 15) is 0 Å². The van der Waals surface area contributed by atoms with Crippen LogP contribution in [0.5, 0.6) is 0 Å². The molecule has 0 spiro atoms. The Hall–Kier alpha value is -2.66. The van der Waals surface area contributed by atoms with Crippen LogP contribution in [0.1, 0.15) is 29.2 Å². The van der Waals surface area contributed by atoms with Crippen LogP contribution in [-0.4, -0.2) is 40.2 Å². The monoisotopic (exact) mass is 347 g/mol. The number of rotatable bonds is 5. The van der Waals surface area contributed by atoms with Crippen molar-refractivity contribution < 1.29 is 0 Å². The van der Waals surface area contributed by atoms with Crippen molar-refractivity contribution >= 4 is 5.82 Å². The Balaban J connectivity index is 1.53. The second-order valence-corrected chi connectivity index (χ2v) is 7.15. The lowest BCUT2D eigenvalue weighted by atomic mass is 9.97. The molecule has 3 heterocycles. The zero-order chi connectivity index (χ0) is 17.9. The van der Waals surface area contributed by atoms with Gasteiger partial charge < -0.3 is 10.2 Å². The number of pyridine rings is 1. The molecule has 26 heavy (non-hydrogen) atoms. The van der Waals surface area contributed by atoms with E-state index in [0.29, 0.717) is 5.92 Å². The third kappa shape index (κ3) is 3.48. The standard InChI is InChI=1S/C21H25N5/c1-15-5-3-4-6-17(15)12-23-20-11-16(7-9-22-20)19-13-24-25-21(19)18-8-10-26(2)14-18/h3-7,9,11,13,18H,8,10,12,14H2,1-2H3,(H,22,23)(H,24,25)/t18-/m0/s1. The maximum atomic E-state index is 4.48. The number of H-pyrrole nitrogens is 1. The molecule has 0 amide bonds. The topological polar surface area (TPSA) is 56.8 Å². The number of hydrogen-bond donors (Lipinski definition) is 2. The van der Waals surface area contributed by atoms with Gasteiger partial charge in [0, 0.05) is 36.5 Å². The van der Waals surface area contributed by atoms with E-state index in [0.717, 1.165) is 31.0 Å². The predicted octanol–water partition coefficient (Wildman–Crippen LogP) is 3.81. The van der Waals surface area contributed by atoms with E-state index in [-0.39, 0.29) is 0 Å². The molecule has 1 aromatic carbocycles. The van der Waals surface area contributed by atoms with Gasteiger partial charge in [-0.2, -0.15) is 5.10 Å². The summed E-state index contributed by atoms with van der Waals surface area (Å²) in [6, 6.07) is 12.6. The summed E-state index contributed by atoms with van der Waals surface area (Å²) in [7, 11) is 2.18. The maximum Gasteiger partial charge on any atom is 0.126 e. The van der Waals surface area contributed by atoms with Crippen molar-refractivity contribution in [1.29, 1.82) is 0 Å². The first-order chi connectivity index (χ1) is 12.7. The zero-order valence-corrected chi connectivity index (χ0v) is 15.4. The highest BCUT2D eigenvalue weighted by Gasteiger charge is 2.25. The van der Waals surface area contributed by atoms with Crippen molar-refractivity contribution in [3.63, 3.8) is 0 Å². The fraction of sp³-hybridized carbons (Fsp3) is 0.333. The first-order valence-corrected chi connectivity index (χ1v) is 9.17. The van der Waals surface area contributed by atoms with Gasteiger partial charge >= 0.3 is 0 Å². The van der Waals surface area contributed by atoms with E-state index in [1.54, 1.807) is 0 Å². The molecule has 4 rings (SSSR count). The maximum absolute atomic E-state index is 4.48. The van der Waals surface area contributed by atoms with Crippen molar-refractivity contribution in [1.82, 2.24) is 20.1 Å². The molecule has 134 valence electrons. The number of aryl methyl sites for hydroxylation is 1. The summed E-state index contributed by atoms with van der Waals surface area (Å²) < 4.78 is 0. The Morgan fingerprint density at radius 2 is 2.15 bits per heavy atom. The average molecular weight is 347 g/mol. The molecule has 1 aliphatic rings. The molecule has 5 heteroatoms. The first-order valence-electron chi connectivity index (χ1n) is 9.17. The summed E-state index contributed by atoms with van der Waals surface area (Å²) in [5.41, 5.74) is 6.17. The highest BCUT2D eigenvalue weighted by Crippen LogP contribution is 2.33. The molecule has 0 saturated carbocycles. The van der Waals surface area contributed by atoms with Gasteiger partial charge in [0.25, 0.3) is 0 Å². The number of hydrogen-bond acceptors (Lipinski definition) is 4. The normalized spacial score (nSPS) is 17.5. The van der Waals surface area contributed by atoms with Gasteiger partial charge in [0.1, 0.15) is 5.82 Å². The van der Waals surface area contributed by atoms with E-state index in [1.165, 1.54) is 28.8 Å². The van der Waals surface area contributed by atoms with Crippen LogP contribution in [0, 0.1) is 6.92 Å². The minimum Gasteiger partial charge on any atom is -0.366 e. The fourth-order valence-electron chi connectivity index (χ4n) is 3.70. The highest BCUT2D eigenvalue weighted by molar-refractivity contribution is 5.68. The number of likely N-dealkylation sites (N-methyl/N-ethyl adjacent to an activating group) is 1. The second-order valence-electron chi connectivity index (χ2n) is 7.15. The second kappa shape index (κ2) is 7.30. The van der Waals surface area contributed by atoms with E-state index in [4.69, 9.17) is 0 Å². The van der Waals surface area contributed by atoms with Gasteiger partial charge in [0.2, 0.25) is 0 Å². The van der Waals surface area contributed by atoms with Crippen LogP contribution in [0.2, 0.25) is 0 Å². The van der Waals surface area contributed by atoms with Gasteiger partial charge in [-0.1, -0.05) is 24.3 Å². The summed E-state index contributed by atoms with van der Waals surface area (Å²) in [6.07, 6.45) is 4.98. The van der Waals surface area contributed by atoms with E-state index in [1.807, 2.05) is 12.4 Å². The van der Waals surface area contributed by atoms with Crippen molar-refractivity contribution in [3.8, 4) is 11.1 Å². The first kappa shape index (κ1) is 16.8. The van der Waals surface area contributed by atoms with Crippen molar-refractivity contribution in [2.75, 3.05) is 25.5 Å². The van der Waals surface area contributed by atoms with E-state index < -0.39 is 0 Å². The fourth-order valence-corrected chi connectivity index (χ4v) is 3.70. The van der Waals surface area contributed by atoms with Crippen LogP contribution < -0.4 is 5.32 Å². The van der Waals surface area contributed by atoms with Gasteiger partial charge in [-0.3, -0.25) is 5.10 Å². The smallest absolute Gasteiger partial charge is 0.126 e. The Kier molecular flexibility index (Phi) is 4.71. The molecular formula is C21H25N5. The van der Waals surface area contributed by atoms with Gasteiger partial charge in [-0.05, 0) is 55.8 Å². The molecule has 5 nitrogen and oxygen atoms in total. The quantitative estimate of drug-likeness (QED) is 0.737. The lowest BCUT2D eigenvalue weighted by Crippen LogP contribution is -2.13. The summed E-state index contributed by atoms with van der Waals surface area (Å²) >= 11 is 0. The van der Waals surface area contributed by atoms with Gasteiger partial charge in [-0.25, -0.2) is 4.98 Å². The molecule has 0 aliphatic carbocycles. The number of nitrogens with one attached hydrogen (secondary N) is 2. The number of aromatic nitrogens is 3. The third-order valence-electron chi connectivity index (χ3n) is 5.26. The van der Waals surface area contributed by atoms with Crippen LogP contribution >= 0.6 is 0 Å². The number of likely N-dealkylation sites (tertiary alicyclic amines) is 1. The minimum absolute atomic E-state index is 0.522. The van der Waals surface area contributed by atoms with E-state index in [2.05, 4.69) is 75.8 Å². The molecule has 3 aromatic rings. The molecule has 2 aromatic heterocycles. The average Bonchev–Trinajstić information content (AvgIpc) is 3.30. The molecule has 1 saturated heterocycles. The van der Waals surface area contributed by atoms with Crippen molar-refractivity contribution in [3.05, 3.63) is 65.6 Å². The SMILES string of the molecule is Cc1ccccc1CNc1cc(-c2cn[nH]c2[C@H]2CCN(C)C2)ccn1. The van der Waals surface area contributed by atoms with Crippen molar-refractivity contribution in [2.45, 2.75) is 25.8 Å². The predicted molar refractivity (Wildman–Crippen MR) is 105 cm³/mol. The van der Waals surface area contributed by atoms with Crippen LogP contribution in [-0.2, 0) is 6.54 Å². The zero-order valence-electron chi connectivity index (χ0n) is 15.4. The number of anilines is 1. The summed E-state index contributed by atoms with van der Waals surface area (Å²) in [4.78, 5) is 6.86. The highest BCUT2D eigenvalue weighted by atomic mass is 15.1. The molecule has 1 aliphatic heterocycles. The van der Waals surface area contributed by atoms with Gasteiger partial charge in [-0.15, -0.1) is 0 Å².